The molecule has 1 N–H and O–H groups in total. The molecular weight excluding hydrogens is 224 g/mol. The zero-order chi connectivity index (χ0) is 12.0. The van der Waals surface area contributed by atoms with Gasteiger partial charge in [0, 0.05) is 6.54 Å². The number of nitrogens with one attached hydrogen (secondary N) is 1. The molecule has 0 bridgehead atoms. The molecule has 1 aromatic carbocycles. The van der Waals surface area contributed by atoms with E-state index in [2.05, 4.69) is 4.72 Å². The van der Waals surface area contributed by atoms with Crippen LogP contribution in [0, 0.1) is 11.3 Å². The first-order valence-electron chi connectivity index (χ1n) is 5.10. The normalized spacial score (nSPS) is 11.0. The molecule has 0 unspecified atom stereocenters. The molecule has 0 radical (unpaired) electrons. The number of unbranched alkanes of at least 4 members (excludes halogenated alkanes) is 1. The van der Waals surface area contributed by atoms with E-state index in [0.717, 1.165) is 12.8 Å². The maximum atomic E-state index is 11.7. The van der Waals surface area contributed by atoms with Gasteiger partial charge < -0.3 is 0 Å². The number of nitriles is 1. The van der Waals surface area contributed by atoms with Crippen LogP contribution in [0.3, 0.4) is 0 Å². The lowest BCUT2D eigenvalue weighted by atomic mass is 10.2. The highest BCUT2D eigenvalue weighted by Crippen LogP contribution is 2.09. The van der Waals surface area contributed by atoms with Gasteiger partial charge in [-0.25, -0.2) is 13.1 Å². The van der Waals surface area contributed by atoms with E-state index in [4.69, 9.17) is 5.26 Å². The summed E-state index contributed by atoms with van der Waals surface area (Å²) in [6, 6.07) is 7.81. The van der Waals surface area contributed by atoms with Crippen LogP contribution in [0.5, 0.6) is 0 Å². The summed E-state index contributed by atoms with van der Waals surface area (Å²) in [6.07, 6.45) is 1.76. The lowest BCUT2D eigenvalue weighted by Gasteiger charge is -2.05. The van der Waals surface area contributed by atoms with Gasteiger partial charge in [0.1, 0.15) is 0 Å². The minimum atomic E-state index is -3.42. The van der Waals surface area contributed by atoms with Crippen LogP contribution in [-0.2, 0) is 10.0 Å². The van der Waals surface area contributed by atoms with Crippen molar-refractivity contribution >= 4 is 10.0 Å². The Morgan fingerprint density at radius 2 is 1.94 bits per heavy atom. The molecule has 0 saturated heterocycles. The average Bonchev–Trinajstić information content (AvgIpc) is 2.29. The highest BCUT2D eigenvalue weighted by molar-refractivity contribution is 7.89. The van der Waals surface area contributed by atoms with Gasteiger partial charge in [-0.2, -0.15) is 5.26 Å². The standard InChI is InChI=1S/C11H14N2O2S/c1-2-3-8-13-16(14,15)11-6-4-10(9-12)5-7-11/h4-7,13H,2-3,8H2,1H3. The molecule has 0 amide bonds. The van der Waals surface area contributed by atoms with E-state index in [-0.39, 0.29) is 4.90 Å². The van der Waals surface area contributed by atoms with Gasteiger partial charge in [-0.1, -0.05) is 13.3 Å². The molecule has 4 nitrogen and oxygen atoms in total. The largest absolute Gasteiger partial charge is 0.240 e. The van der Waals surface area contributed by atoms with Crippen molar-refractivity contribution in [1.82, 2.24) is 4.72 Å². The third kappa shape index (κ3) is 3.33. The van der Waals surface area contributed by atoms with Crippen LogP contribution >= 0.6 is 0 Å². The molecule has 1 aromatic rings. The molecule has 0 aliphatic heterocycles. The summed E-state index contributed by atoms with van der Waals surface area (Å²) < 4.78 is 25.9. The Kier molecular flexibility index (Phi) is 4.47. The second-order valence-corrected chi connectivity index (χ2v) is 5.15. The summed E-state index contributed by atoms with van der Waals surface area (Å²) in [5.41, 5.74) is 0.451. The number of hydrogen-bond acceptors (Lipinski definition) is 3. The second kappa shape index (κ2) is 5.64. The molecule has 16 heavy (non-hydrogen) atoms. The Hall–Kier alpha value is -1.38. The molecule has 0 aliphatic rings. The highest BCUT2D eigenvalue weighted by Gasteiger charge is 2.12. The van der Waals surface area contributed by atoms with Gasteiger partial charge in [-0.3, -0.25) is 0 Å². The topological polar surface area (TPSA) is 70.0 Å². The second-order valence-electron chi connectivity index (χ2n) is 3.39. The number of benzene rings is 1. The summed E-state index contributed by atoms with van der Waals surface area (Å²) >= 11 is 0. The molecule has 1 rings (SSSR count). The Balaban J connectivity index is 2.79. The predicted octanol–water partition coefficient (Wildman–Crippen LogP) is 1.64. The third-order valence-electron chi connectivity index (χ3n) is 2.12. The zero-order valence-corrected chi connectivity index (χ0v) is 9.92. The monoisotopic (exact) mass is 238 g/mol. The maximum absolute atomic E-state index is 11.7. The first-order valence-corrected chi connectivity index (χ1v) is 6.58. The van der Waals surface area contributed by atoms with Gasteiger partial charge in [-0.05, 0) is 30.7 Å². The van der Waals surface area contributed by atoms with Crippen molar-refractivity contribution in [3.63, 3.8) is 0 Å². The van der Waals surface area contributed by atoms with Crippen LogP contribution in [-0.4, -0.2) is 15.0 Å². The van der Waals surface area contributed by atoms with E-state index < -0.39 is 10.0 Å². The average molecular weight is 238 g/mol. The number of hydrogen-bond donors (Lipinski definition) is 1. The molecule has 0 spiro atoms. The Bertz CT molecular complexity index is 472. The number of nitrogens with zero attached hydrogens (tertiary/aromatic N) is 1. The van der Waals surface area contributed by atoms with E-state index in [1.165, 1.54) is 24.3 Å². The Morgan fingerprint density at radius 3 is 2.44 bits per heavy atom. The molecule has 0 fully saturated rings. The SMILES string of the molecule is CCCCNS(=O)(=O)c1ccc(C#N)cc1. The van der Waals surface area contributed by atoms with Crippen molar-refractivity contribution < 1.29 is 8.42 Å². The van der Waals surface area contributed by atoms with Gasteiger partial charge in [0.15, 0.2) is 0 Å². The lowest BCUT2D eigenvalue weighted by Crippen LogP contribution is -2.24. The number of sulfonamides is 1. The summed E-state index contributed by atoms with van der Waals surface area (Å²) in [4.78, 5) is 0.197. The molecule has 86 valence electrons. The fraction of sp³-hybridized carbons (Fsp3) is 0.364. The summed E-state index contributed by atoms with van der Waals surface area (Å²) in [5, 5.41) is 8.59. The van der Waals surface area contributed by atoms with E-state index in [9.17, 15) is 8.42 Å². The van der Waals surface area contributed by atoms with E-state index >= 15 is 0 Å². The van der Waals surface area contributed by atoms with Crippen molar-refractivity contribution in [2.45, 2.75) is 24.7 Å². The van der Waals surface area contributed by atoms with Crippen molar-refractivity contribution in [1.29, 1.82) is 5.26 Å². The molecular formula is C11H14N2O2S. The molecule has 0 aromatic heterocycles. The maximum Gasteiger partial charge on any atom is 0.240 e. The van der Waals surface area contributed by atoms with Crippen molar-refractivity contribution in [2.75, 3.05) is 6.54 Å². The Labute approximate surface area is 96.0 Å². The van der Waals surface area contributed by atoms with Gasteiger partial charge in [0.25, 0.3) is 0 Å². The van der Waals surface area contributed by atoms with Crippen molar-refractivity contribution in [2.24, 2.45) is 0 Å². The minimum Gasteiger partial charge on any atom is -0.211 e. The van der Waals surface area contributed by atoms with Gasteiger partial charge in [0.05, 0.1) is 16.5 Å². The molecule has 0 aliphatic carbocycles. The molecule has 0 heterocycles. The van der Waals surface area contributed by atoms with Crippen molar-refractivity contribution in [3.8, 4) is 6.07 Å². The van der Waals surface area contributed by atoms with Crippen LogP contribution in [0.15, 0.2) is 29.2 Å². The summed E-state index contributed by atoms with van der Waals surface area (Å²) in [7, 11) is -3.42. The fourth-order valence-electron chi connectivity index (χ4n) is 1.18. The quantitative estimate of drug-likeness (QED) is 0.793. The van der Waals surface area contributed by atoms with E-state index in [1.54, 1.807) is 0 Å². The van der Waals surface area contributed by atoms with Crippen LogP contribution in [0.25, 0.3) is 0 Å². The van der Waals surface area contributed by atoms with Gasteiger partial charge >= 0.3 is 0 Å². The van der Waals surface area contributed by atoms with Crippen LogP contribution in [0.4, 0.5) is 0 Å². The lowest BCUT2D eigenvalue weighted by molar-refractivity contribution is 0.578. The van der Waals surface area contributed by atoms with Gasteiger partial charge in [-0.15, -0.1) is 0 Å². The predicted molar refractivity (Wildman–Crippen MR) is 61.3 cm³/mol. The zero-order valence-electron chi connectivity index (χ0n) is 9.10. The fourth-order valence-corrected chi connectivity index (χ4v) is 2.25. The highest BCUT2D eigenvalue weighted by atomic mass is 32.2. The third-order valence-corrected chi connectivity index (χ3v) is 3.59. The number of rotatable bonds is 5. The Morgan fingerprint density at radius 1 is 1.31 bits per heavy atom. The van der Waals surface area contributed by atoms with Crippen LogP contribution in [0.1, 0.15) is 25.3 Å². The molecule has 5 heteroatoms. The molecule has 0 saturated carbocycles. The first kappa shape index (κ1) is 12.7. The summed E-state index contributed by atoms with van der Waals surface area (Å²) in [6.45, 7) is 2.44. The molecule has 0 atom stereocenters. The van der Waals surface area contributed by atoms with Crippen molar-refractivity contribution in [3.05, 3.63) is 29.8 Å². The van der Waals surface area contributed by atoms with E-state index in [0.29, 0.717) is 12.1 Å². The summed E-state index contributed by atoms with van der Waals surface area (Å²) in [5.74, 6) is 0. The first-order chi connectivity index (χ1) is 7.60. The minimum absolute atomic E-state index is 0.197. The van der Waals surface area contributed by atoms with Gasteiger partial charge in [0.2, 0.25) is 10.0 Å². The van der Waals surface area contributed by atoms with E-state index in [1.807, 2.05) is 13.0 Å². The smallest absolute Gasteiger partial charge is 0.211 e. The van der Waals surface area contributed by atoms with Crippen LogP contribution < -0.4 is 4.72 Å². The van der Waals surface area contributed by atoms with Crippen LogP contribution in [0.2, 0.25) is 0 Å².